The van der Waals surface area contributed by atoms with Crippen molar-refractivity contribution in [3.8, 4) is 0 Å². The summed E-state index contributed by atoms with van der Waals surface area (Å²) in [6.45, 7) is 2.59. The first-order chi connectivity index (χ1) is 15.4. The third-order valence-corrected chi connectivity index (χ3v) is 5.56. The van der Waals surface area contributed by atoms with E-state index < -0.39 is 6.03 Å². The lowest BCUT2D eigenvalue weighted by Gasteiger charge is -2.28. The summed E-state index contributed by atoms with van der Waals surface area (Å²) >= 11 is 6.01. The number of halogens is 1. The van der Waals surface area contributed by atoms with Gasteiger partial charge in [-0.15, -0.1) is 0 Å². The molecule has 32 heavy (non-hydrogen) atoms. The van der Waals surface area contributed by atoms with E-state index in [1.165, 1.54) is 10.7 Å². The summed E-state index contributed by atoms with van der Waals surface area (Å²) in [5, 5.41) is 19.2. The van der Waals surface area contributed by atoms with Crippen molar-refractivity contribution in [2.45, 2.75) is 19.4 Å². The number of carbonyl (C=O) groups is 2. The minimum absolute atomic E-state index is 0.0735. The molecule has 1 atom stereocenters. The average Bonchev–Trinajstić information content (AvgIpc) is 3.15. The Hall–Kier alpha value is -3.21. The summed E-state index contributed by atoms with van der Waals surface area (Å²) in [4.78, 5) is 31.1. The fraction of sp³-hybridized carbons (Fsp3) is 0.333. The summed E-state index contributed by atoms with van der Waals surface area (Å²) < 4.78 is 6.97. The predicted molar refractivity (Wildman–Crippen MR) is 119 cm³/mol. The molecule has 0 bridgehead atoms. The topological polar surface area (TPSA) is 121 Å². The number of carbonyl (C=O) groups excluding carboxylic acids is 2. The summed E-state index contributed by atoms with van der Waals surface area (Å²) in [6.07, 6.45) is 1.79. The van der Waals surface area contributed by atoms with Gasteiger partial charge in [0.15, 0.2) is 10.8 Å². The molecule has 2 aromatic heterocycles. The van der Waals surface area contributed by atoms with Crippen LogP contribution < -0.4 is 10.6 Å². The highest BCUT2D eigenvalue weighted by Crippen LogP contribution is 2.27. The van der Waals surface area contributed by atoms with Gasteiger partial charge in [-0.3, -0.25) is 4.79 Å². The zero-order valence-corrected chi connectivity index (χ0v) is 18.4. The van der Waals surface area contributed by atoms with E-state index in [9.17, 15) is 9.59 Å². The summed E-state index contributed by atoms with van der Waals surface area (Å²) in [5.74, 6) is -0.119. The Labute approximate surface area is 189 Å². The molecule has 0 saturated carbocycles. The molecule has 168 valence electrons. The van der Waals surface area contributed by atoms with E-state index in [4.69, 9.17) is 21.4 Å². The van der Waals surface area contributed by atoms with Crippen molar-refractivity contribution >= 4 is 40.6 Å². The molecule has 0 spiro atoms. The number of hydrogen-bond acceptors (Lipinski definition) is 6. The molecule has 0 radical (unpaired) electrons. The molecule has 3 heterocycles. The number of benzene rings is 1. The smallest absolute Gasteiger partial charge is 0.323 e. The molecule has 0 fully saturated rings. The Morgan fingerprint density at radius 3 is 2.91 bits per heavy atom. The highest BCUT2D eigenvalue weighted by atomic mass is 35.5. The molecule has 4 rings (SSSR count). The molecule has 1 aliphatic rings. The number of amides is 3. The molecule has 0 unspecified atom stereocenters. The number of urea groups is 1. The third-order valence-electron chi connectivity index (χ3n) is 5.38. The monoisotopic (exact) mass is 458 g/mol. The maximum atomic E-state index is 12.7. The number of β-amino-alcohol motifs (C(OH)–C–C–N with tert-alkyl or cyclic N) is 1. The van der Waals surface area contributed by atoms with E-state index in [2.05, 4.69) is 20.7 Å². The zero-order chi connectivity index (χ0) is 22.8. The summed E-state index contributed by atoms with van der Waals surface area (Å²) in [7, 11) is 1.56. The van der Waals surface area contributed by atoms with Gasteiger partial charge in [0, 0.05) is 37.5 Å². The maximum absolute atomic E-state index is 12.7. The Bertz CT molecular complexity index is 1180. The first kappa shape index (κ1) is 22.0. The minimum Gasteiger partial charge on any atom is -0.395 e. The highest BCUT2D eigenvalue weighted by Gasteiger charge is 2.24. The predicted octanol–water partition coefficient (Wildman–Crippen LogP) is 2.72. The van der Waals surface area contributed by atoms with Crippen LogP contribution in [-0.4, -0.2) is 63.3 Å². The molecule has 3 aromatic rings. The number of aromatic nitrogens is 3. The number of ether oxygens (including phenoxy) is 1. The van der Waals surface area contributed by atoms with Crippen molar-refractivity contribution in [3.63, 3.8) is 0 Å². The Morgan fingerprint density at radius 1 is 1.34 bits per heavy atom. The number of nitrogens with zero attached hydrogens (tertiary/aromatic N) is 4. The van der Waals surface area contributed by atoms with Crippen molar-refractivity contribution in [3.05, 3.63) is 52.4 Å². The lowest BCUT2D eigenvalue weighted by Crippen LogP contribution is -2.39. The van der Waals surface area contributed by atoms with Crippen LogP contribution in [0.4, 0.5) is 16.2 Å². The number of nitrogens with one attached hydrogen (secondary N) is 2. The lowest BCUT2D eigenvalue weighted by atomic mass is 9.98. The van der Waals surface area contributed by atoms with Crippen LogP contribution >= 0.6 is 11.6 Å². The van der Waals surface area contributed by atoms with Gasteiger partial charge >= 0.3 is 6.03 Å². The number of fused-ring (bicyclic) bond motifs is 2. The van der Waals surface area contributed by atoms with Gasteiger partial charge in [0.05, 0.1) is 30.3 Å². The number of anilines is 2. The SMILES string of the molecule is CO[C@@H](C)c1c(NC(=O)Nc2ccc3c(c2)CCN(CCO)C3=O)cnc2cc(Cl)nn12. The van der Waals surface area contributed by atoms with Crippen LogP contribution in [-0.2, 0) is 11.2 Å². The van der Waals surface area contributed by atoms with Gasteiger partial charge < -0.3 is 25.4 Å². The summed E-state index contributed by atoms with van der Waals surface area (Å²) in [5.41, 5.74) is 3.55. The molecule has 0 aliphatic carbocycles. The van der Waals surface area contributed by atoms with Crippen molar-refractivity contribution < 1.29 is 19.4 Å². The van der Waals surface area contributed by atoms with Crippen molar-refractivity contribution in [1.29, 1.82) is 0 Å². The van der Waals surface area contributed by atoms with Crippen molar-refractivity contribution in [2.24, 2.45) is 0 Å². The first-order valence-electron chi connectivity index (χ1n) is 10.1. The number of rotatable bonds is 6. The van der Waals surface area contributed by atoms with E-state index in [1.54, 1.807) is 36.3 Å². The van der Waals surface area contributed by atoms with Gasteiger partial charge in [0.2, 0.25) is 0 Å². The molecule has 11 heteroatoms. The van der Waals surface area contributed by atoms with E-state index >= 15 is 0 Å². The number of hydrogen-bond donors (Lipinski definition) is 3. The fourth-order valence-corrected chi connectivity index (χ4v) is 3.93. The van der Waals surface area contributed by atoms with Gasteiger partial charge in [0.25, 0.3) is 5.91 Å². The third kappa shape index (κ3) is 4.24. The maximum Gasteiger partial charge on any atom is 0.323 e. The second-order valence-corrected chi connectivity index (χ2v) is 7.78. The fourth-order valence-electron chi connectivity index (χ4n) is 3.76. The molecule has 1 aromatic carbocycles. The molecular formula is C21H23ClN6O4. The van der Waals surface area contributed by atoms with Crippen molar-refractivity contribution in [1.82, 2.24) is 19.5 Å². The lowest BCUT2D eigenvalue weighted by molar-refractivity contribution is 0.0705. The molecule has 3 amide bonds. The molecule has 10 nitrogen and oxygen atoms in total. The van der Waals surface area contributed by atoms with Crippen LogP contribution in [0.2, 0.25) is 5.15 Å². The van der Waals surface area contributed by atoms with Gasteiger partial charge in [0.1, 0.15) is 0 Å². The van der Waals surface area contributed by atoms with Crippen LogP contribution in [0.3, 0.4) is 0 Å². The normalized spacial score (nSPS) is 14.4. The standard InChI is InChI=1S/C21H23ClN6O4/c1-12(32-2)19-16(11-23-18-10-17(22)26-28(18)19)25-21(31)24-14-3-4-15-13(9-14)5-6-27(7-8-29)20(15)30/h3-4,9-12,29H,5-8H2,1-2H3,(H2,24,25,31)/t12-/m0/s1. The average molecular weight is 459 g/mol. The van der Waals surface area contributed by atoms with Crippen LogP contribution in [0.15, 0.2) is 30.5 Å². The van der Waals surface area contributed by atoms with Crippen LogP contribution in [0.25, 0.3) is 5.65 Å². The van der Waals surface area contributed by atoms with Crippen LogP contribution in [0, 0.1) is 0 Å². The van der Waals surface area contributed by atoms with E-state index in [0.29, 0.717) is 47.8 Å². The van der Waals surface area contributed by atoms with E-state index in [-0.39, 0.29) is 23.8 Å². The second-order valence-electron chi connectivity index (χ2n) is 7.39. The van der Waals surface area contributed by atoms with E-state index in [1.807, 2.05) is 6.92 Å². The summed E-state index contributed by atoms with van der Waals surface area (Å²) in [6, 6.07) is 6.29. The minimum atomic E-state index is -0.474. The Morgan fingerprint density at radius 2 is 2.16 bits per heavy atom. The largest absolute Gasteiger partial charge is 0.395 e. The number of aliphatic hydroxyl groups excluding tert-OH is 1. The molecule has 0 saturated heterocycles. The Balaban J connectivity index is 1.54. The van der Waals surface area contributed by atoms with Crippen molar-refractivity contribution in [2.75, 3.05) is 37.4 Å². The number of aliphatic hydroxyl groups is 1. The Kier molecular flexibility index (Phi) is 6.26. The molecule has 3 N–H and O–H groups in total. The highest BCUT2D eigenvalue weighted by molar-refractivity contribution is 6.29. The van der Waals surface area contributed by atoms with E-state index in [0.717, 1.165) is 5.56 Å². The van der Waals surface area contributed by atoms with Gasteiger partial charge in [-0.1, -0.05) is 11.6 Å². The van der Waals surface area contributed by atoms with Gasteiger partial charge in [-0.25, -0.2) is 14.3 Å². The van der Waals surface area contributed by atoms with Gasteiger partial charge in [-0.05, 0) is 37.1 Å². The molecular weight excluding hydrogens is 436 g/mol. The zero-order valence-electron chi connectivity index (χ0n) is 17.6. The number of methoxy groups -OCH3 is 1. The van der Waals surface area contributed by atoms with Crippen LogP contribution in [0.5, 0.6) is 0 Å². The van der Waals surface area contributed by atoms with Crippen LogP contribution in [0.1, 0.15) is 34.6 Å². The quantitative estimate of drug-likeness (QED) is 0.522. The second kappa shape index (κ2) is 9.11. The van der Waals surface area contributed by atoms with Gasteiger partial charge in [-0.2, -0.15) is 5.10 Å². The molecule has 1 aliphatic heterocycles. The first-order valence-corrected chi connectivity index (χ1v) is 10.5.